The molecular formula is C35H39ClN3ORu-2. The Kier molecular flexibility index (Phi) is 12.3. The molecule has 1 aliphatic rings. The molecule has 0 bridgehead atoms. The molecule has 4 aromatic rings. The van der Waals surface area contributed by atoms with Gasteiger partial charge in [0.25, 0.3) is 0 Å². The Labute approximate surface area is 257 Å². The summed E-state index contributed by atoms with van der Waals surface area (Å²) in [5, 5.41) is 17.4. The van der Waals surface area contributed by atoms with E-state index in [1.165, 1.54) is 56.4 Å². The number of anilines is 2. The van der Waals surface area contributed by atoms with Crippen LogP contribution in [-0.4, -0.2) is 29.0 Å². The molecule has 4 aromatic carbocycles. The normalized spacial score (nSPS) is 12.7. The molecule has 0 aromatic heterocycles. The molecule has 1 saturated heterocycles. The van der Waals surface area contributed by atoms with E-state index in [2.05, 4.69) is 99.0 Å². The molecule has 0 spiro atoms. The molecule has 0 amide bonds. The summed E-state index contributed by atoms with van der Waals surface area (Å²) < 4.78 is 2.06. The first kappa shape index (κ1) is 32.3. The Morgan fingerprint density at radius 2 is 1.17 bits per heavy atom. The van der Waals surface area contributed by atoms with Crippen molar-refractivity contribution in [2.75, 3.05) is 22.9 Å². The third kappa shape index (κ3) is 9.11. The molecule has 1 N–H and O–H groups in total. The molecule has 5 rings (SSSR count). The third-order valence-electron chi connectivity index (χ3n) is 6.74. The number of rotatable bonds is 4. The molecule has 0 atom stereocenters. The van der Waals surface area contributed by atoms with E-state index in [1.807, 2.05) is 18.2 Å². The van der Waals surface area contributed by atoms with Crippen LogP contribution in [0.1, 0.15) is 44.5 Å². The number of aromatic hydroxyl groups is 1. The van der Waals surface area contributed by atoms with Crippen molar-refractivity contribution >= 4 is 31.9 Å². The second-order valence-electron chi connectivity index (χ2n) is 10.3. The van der Waals surface area contributed by atoms with Gasteiger partial charge in [-0.15, -0.1) is 0 Å². The molecule has 0 aliphatic carbocycles. The number of phenolic OH excluding ortho intramolecular Hbond substituents is 1. The van der Waals surface area contributed by atoms with Gasteiger partial charge in [0.2, 0.25) is 0 Å². The van der Waals surface area contributed by atoms with E-state index in [4.69, 9.17) is 20.2 Å². The van der Waals surface area contributed by atoms with Gasteiger partial charge in [0, 0.05) is 24.5 Å². The van der Waals surface area contributed by atoms with E-state index in [-0.39, 0.29) is 21.4 Å². The molecule has 0 unspecified atom stereocenters. The van der Waals surface area contributed by atoms with Crippen LogP contribution in [0.25, 0.3) is 5.41 Å². The first-order chi connectivity index (χ1) is 19.6. The van der Waals surface area contributed by atoms with Gasteiger partial charge in [0.1, 0.15) is 5.75 Å². The zero-order valence-electron chi connectivity index (χ0n) is 24.7. The van der Waals surface area contributed by atoms with Gasteiger partial charge in [-0.2, -0.15) is 12.9 Å². The Morgan fingerprint density at radius 3 is 1.56 bits per heavy atom. The number of benzene rings is 4. The van der Waals surface area contributed by atoms with E-state index < -0.39 is 0 Å². The smallest absolute Gasteiger partial charge is 0.120 e. The van der Waals surface area contributed by atoms with Crippen molar-refractivity contribution < 1.29 is 20.8 Å². The average Bonchev–Trinajstić information content (AvgIpc) is 3.38. The van der Waals surface area contributed by atoms with Gasteiger partial charge in [-0.1, -0.05) is 53.6 Å². The number of hydrogen-bond donors (Lipinski definition) is 1. The first-order valence-corrected chi connectivity index (χ1v) is 16.8. The van der Waals surface area contributed by atoms with Crippen molar-refractivity contribution in [2.24, 2.45) is 0 Å². The van der Waals surface area contributed by atoms with Crippen LogP contribution in [0.15, 0.2) is 78.9 Å². The summed E-state index contributed by atoms with van der Waals surface area (Å²) in [5.41, 5.74) is 12.5. The molecule has 4 nitrogen and oxygen atoms in total. The summed E-state index contributed by atoms with van der Waals surface area (Å²) in [6, 6.07) is 25.8. The fraction of sp³-hybridized carbons (Fsp3) is 0.229. The minimum atomic E-state index is -0.0765. The number of nitrogens with zero attached hydrogens (tertiary/aromatic N) is 3. The molecule has 6 heteroatoms. The first-order valence-electron chi connectivity index (χ1n) is 13.5. The maximum atomic E-state index is 8.92. The Bertz CT molecular complexity index is 1380. The summed E-state index contributed by atoms with van der Waals surface area (Å²) in [7, 11) is 5.57. The molecular weight excluding hydrogens is 615 g/mol. The van der Waals surface area contributed by atoms with E-state index in [0.717, 1.165) is 19.3 Å². The van der Waals surface area contributed by atoms with Crippen LogP contribution in [0, 0.1) is 48.2 Å². The largest absolute Gasteiger partial charge is 0.810 e. The molecule has 1 aliphatic heterocycles. The summed E-state index contributed by atoms with van der Waals surface area (Å²) in [6.07, 6.45) is 0.870. The molecule has 0 radical (unpaired) electrons. The zero-order chi connectivity index (χ0) is 29.9. The van der Waals surface area contributed by atoms with Crippen LogP contribution < -0.4 is 9.80 Å². The second-order valence-corrected chi connectivity index (χ2v) is 12.1. The van der Waals surface area contributed by atoms with Gasteiger partial charge in [-0.25, -0.2) is 0 Å². The second kappa shape index (κ2) is 15.7. The molecule has 1 fully saturated rings. The van der Waals surface area contributed by atoms with Gasteiger partial charge in [-0.05, 0) is 75.4 Å². The van der Waals surface area contributed by atoms with Crippen LogP contribution in [0.2, 0.25) is 0 Å². The molecule has 217 valence electrons. The van der Waals surface area contributed by atoms with Gasteiger partial charge in [0.15, 0.2) is 0 Å². The minimum Gasteiger partial charge on any atom is -0.810 e. The van der Waals surface area contributed by atoms with Crippen molar-refractivity contribution in [3.05, 3.63) is 135 Å². The predicted octanol–water partition coefficient (Wildman–Crippen LogP) is 8.44. The van der Waals surface area contributed by atoms with Crippen molar-refractivity contribution in [1.29, 1.82) is 0 Å². The summed E-state index contributed by atoms with van der Waals surface area (Å²) in [6.45, 7) is 17.6. The summed E-state index contributed by atoms with van der Waals surface area (Å²) in [5.74, 6) is 0.0972. The predicted molar refractivity (Wildman–Crippen MR) is 174 cm³/mol. The van der Waals surface area contributed by atoms with Crippen molar-refractivity contribution in [3.8, 4) is 5.75 Å². The van der Waals surface area contributed by atoms with E-state index in [9.17, 15) is 0 Å². The number of para-hydroxylation sites is 1. The number of hydrogen-bond acceptors (Lipinski definition) is 3. The topological polar surface area (TPSA) is 49.0 Å². The Morgan fingerprint density at radius 1 is 0.732 bits per heavy atom. The Hall–Kier alpha value is -3.27. The van der Waals surface area contributed by atoms with Gasteiger partial charge in [-0.3, -0.25) is 0 Å². The molecule has 0 saturated carbocycles. The zero-order valence-corrected chi connectivity index (χ0v) is 27.2. The average molecular weight is 654 g/mol. The number of aryl methyl sites for hydroxylation is 6. The van der Waals surface area contributed by atoms with Gasteiger partial charge in [0.05, 0.1) is 0 Å². The van der Waals surface area contributed by atoms with Crippen molar-refractivity contribution in [1.82, 2.24) is 0 Å². The molecule has 1 heterocycles. The number of halogens is 1. The van der Waals surface area contributed by atoms with Crippen LogP contribution in [0.4, 0.5) is 11.4 Å². The van der Waals surface area contributed by atoms with E-state index in [0.29, 0.717) is 5.56 Å². The fourth-order valence-corrected chi connectivity index (χ4v) is 6.33. The summed E-state index contributed by atoms with van der Waals surface area (Å²) in [4.78, 5) is 4.81. The van der Waals surface area contributed by atoms with Gasteiger partial charge >= 0.3 is 65.9 Å². The maximum Gasteiger partial charge on any atom is 0.120 e. The SMILES string of the molecule is Cc1cc(C)c(N2[CH-]N(c3c(C)cc(C)cc3C)CC2)c(C)c1.[Cl][Ru]=[CH]c1ccccc1.[N-]=Cc1ccccc1O. The third-order valence-corrected chi connectivity index (χ3v) is 7.96. The van der Waals surface area contributed by atoms with Gasteiger partial charge < -0.3 is 20.3 Å². The number of phenols is 1. The van der Waals surface area contributed by atoms with E-state index in [1.54, 1.807) is 18.2 Å². The van der Waals surface area contributed by atoms with E-state index >= 15 is 0 Å². The van der Waals surface area contributed by atoms with Crippen LogP contribution in [0.3, 0.4) is 0 Å². The monoisotopic (exact) mass is 654 g/mol. The van der Waals surface area contributed by atoms with Crippen LogP contribution in [0.5, 0.6) is 5.75 Å². The van der Waals surface area contributed by atoms with Crippen molar-refractivity contribution in [3.63, 3.8) is 0 Å². The maximum absolute atomic E-state index is 8.92. The fourth-order valence-electron chi connectivity index (χ4n) is 5.25. The van der Waals surface area contributed by atoms with Crippen molar-refractivity contribution in [2.45, 2.75) is 41.5 Å². The van der Waals surface area contributed by atoms with Crippen LogP contribution in [-0.2, 0) is 15.7 Å². The summed E-state index contributed by atoms with van der Waals surface area (Å²) >= 11 is -0.0765. The minimum absolute atomic E-state index is 0.0765. The quantitative estimate of drug-likeness (QED) is 0.137. The standard InChI is InChI=1S/C21H27N2.C7H6NO.C7H6.ClH.Ru/c1-14-9-16(3)20(17(4)10-14)22-7-8-23(13-22)21-18(5)11-15(2)12-19(21)6;8-5-6-3-1-2-4-7(6)9;1-7-5-3-2-4-6-7;;/h9-13H,7-8H2,1-6H3;1-5,9H;1-6H;1H;/q2*-1;;;+1/p-1. The Balaban J connectivity index is 0.000000210. The van der Waals surface area contributed by atoms with Crippen LogP contribution >= 0.6 is 9.69 Å². The molecule has 41 heavy (non-hydrogen) atoms.